The van der Waals surface area contributed by atoms with Crippen molar-refractivity contribution < 1.29 is 43.7 Å². The number of carbonyl (C=O) groups excluding carboxylic acids is 5. The van der Waals surface area contributed by atoms with E-state index in [9.17, 15) is 34.2 Å². The van der Waals surface area contributed by atoms with Gasteiger partial charge in [0.05, 0.1) is 18.1 Å². The first-order valence-electron chi connectivity index (χ1n) is 17.3. The molecule has 0 aliphatic carbocycles. The van der Waals surface area contributed by atoms with Gasteiger partial charge in [-0.1, -0.05) is 105 Å². The van der Waals surface area contributed by atoms with Gasteiger partial charge in [0.2, 0.25) is 17.7 Å². The Morgan fingerprint density at radius 3 is 1.78 bits per heavy atom. The highest BCUT2D eigenvalue weighted by Crippen LogP contribution is 2.25. The van der Waals surface area contributed by atoms with Gasteiger partial charge >= 0.3 is 11.9 Å². The third kappa shape index (κ3) is 14.8. The molecule has 1 aliphatic heterocycles. The smallest absolute Gasteiger partial charge is 0.332 e. The molecule has 0 saturated carbocycles. The summed E-state index contributed by atoms with van der Waals surface area (Å²) < 4.78 is 10.8. The van der Waals surface area contributed by atoms with E-state index in [1.54, 1.807) is 27.7 Å². The molecule has 0 aromatic heterocycles. The van der Waals surface area contributed by atoms with Crippen LogP contribution in [0.5, 0.6) is 0 Å². The van der Waals surface area contributed by atoms with Crippen LogP contribution < -0.4 is 16.0 Å². The summed E-state index contributed by atoms with van der Waals surface area (Å²) in [6.45, 7) is 10.8. The maximum absolute atomic E-state index is 13.5. The fraction of sp³-hybridized carbons (Fsp3) is 0.853. The third-order valence-electron chi connectivity index (χ3n) is 8.75. The van der Waals surface area contributed by atoms with E-state index in [1.165, 1.54) is 51.9 Å². The quantitative estimate of drug-likeness (QED) is 0.109. The summed E-state index contributed by atoms with van der Waals surface area (Å²) in [5.41, 5.74) is 0. The lowest BCUT2D eigenvalue weighted by atomic mass is 9.86. The van der Waals surface area contributed by atoms with Crippen LogP contribution in [0.15, 0.2) is 0 Å². The monoisotopic (exact) mass is 655 g/mol. The predicted molar refractivity (Wildman–Crippen MR) is 174 cm³/mol. The Morgan fingerprint density at radius 2 is 1.28 bits per heavy atom. The maximum Gasteiger partial charge on any atom is 0.332 e. The molecule has 12 heteroatoms. The van der Waals surface area contributed by atoms with E-state index in [0.717, 1.165) is 32.6 Å². The Hall–Kier alpha value is -2.73. The molecule has 0 spiro atoms. The van der Waals surface area contributed by atoms with E-state index in [1.807, 2.05) is 0 Å². The van der Waals surface area contributed by atoms with Crippen molar-refractivity contribution in [1.29, 1.82) is 0 Å². The highest BCUT2D eigenvalue weighted by Gasteiger charge is 2.41. The summed E-state index contributed by atoms with van der Waals surface area (Å²) in [4.78, 5) is 64.8. The molecular weight excluding hydrogens is 594 g/mol. The van der Waals surface area contributed by atoms with Crippen molar-refractivity contribution in [3.8, 4) is 0 Å². The van der Waals surface area contributed by atoms with Gasteiger partial charge in [0.15, 0.2) is 6.04 Å². The molecule has 0 aromatic carbocycles. The summed E-state index contributed by atoms with van der Waals surface area (Å²) in [6, 6.07) is -4.03. The Balaban J connectivity index is 3.08. The van der Waals surface area contributed by atoms with E-state index in [2.05, 4.69) is 22.9 Å². The van der Waals surface area contributed by atoms with Gasteiger partial charge in [0.1, 0.15) is 24.8 Å². The first-order valence-corrected chi connectivity index (χ1v) is 17.3. The maximum atomic E-state index is 13.5. The third-order valence-corrected chi connectivity index (χ3v) is 8.75. The van der Waals surface area contributed by atoms with Gasteiger partial charge < -0.3 is 35.6 Å². The Kier molecular flexibility index (Phi) is 19.7. The standard InChI is InChI=1S/C34H61N3O9/c1-8-9-10-11-12-13-14-15-16-17-18-19-27(40)22(4)30-23(5)31(41)36-28(21(2)3)32(42)37-29(24(6)38)33(43)35-26(34(44)46-30)20-45-25(7)39/h21-24,26-30,38,40H,8-20H2,1-7H3,(H,35,43)(H,36,41)(H,37,42)/t22-,23+,24-,26+,27-,28+,29+,30-/m1/s1. The zero-order valence-corrected chi connectivity index (χ0v) is 29.1. The highest BCUT2D eigenvalue weighted by molar-refractivity contribution is 5.94. The number of aliphatic hydroxyl groups excluding tert-OH is 2. The summed E-state index contributed by atoms with van der Waals surface area (Å²) >= 11 is 0. The minimum Gasteiger partial charge on any atom is -0.463 e. The van der Waals surface area contributed by atoms with E-state index in [4.69, 9.17) is 9.47 Å². The first-order chi connectivity index (χ1) is 21.7. The number of nitrogens with one attached hydrogen (secondary N) is 3. The molecule has 0 radical (unpaired) electrons. The van der Waals surface area contributed by atoms with E-state index in [0.29, 0.717) is 6.42 Å². The van der Waals surface area contributed by atoms with Crippen molar-refractivity contribution in [1.82, 2.24) is 16.0 Å². The largest absolute Gasteiger partial charge is 0.463 e. The summed E-state index contributed by atoms with van der Waals surface area (Å²) in [6.07, 6.45) is 9.87. The molecule has 266 valence electrons. The van der Waals surface area contributed by atoms with Crippen molar-refractivity contribution in [3.63, 3.8) is 0 Å². The van der Waals surface area contributed by atoms with Crippen molar-refractivity contribution in [2.24, 2.45) is 17.8 Å². The molecule has 1 fully saturated rings. The van der Waals surface area contributed by atoms with E-state index in [-0.39, 0.29) is 5.92 Å². The molecule has 8 atom stereocenters. The van der Waals surface area contributed by atoms with Gasteiger partial charge in [-0.05, 0) is 19.3 Å². The van der Waals surface area contributed by atoms with Crippen LogP contribution in [0.1, 0.15) is 126 Å². The molecule has 1 aliphatic rings. The van der Waals surface area contributed by atoms with Crippen LogP contribution in [0.25, 0.3) is 0 Å². The number of carbonyl (C=O) groups is 5. The van der Waals surface area contributed by atoms with E-state index >= 15 is 0 Å². The average molecular weight is 656 g/mol. The van der Waals surface area contributed by atoms with Crippen LogP contribution in [0.2, 0.25) is 0 Å². The molecule has 12 nitrogen and oxygen atoms in total. The average Bonchev–Trinajstić information content (AvgIpc) is 3.00. The van der Waals surface area contributed by atoms with Crippen LogP contribution in [-0.4, -0.2) is 82.9 Å². The molecule has 0 aromatic rings. The second kappa shape index (κ2) is 22.0. The topological polar surface area (TPSA) is 180 Å². The van der Waals surface area contributed by atoms with Gasteiger partial charge in [-0.2, -0.15) is 0 Å². The van der Waals surface area contributed by atoms with Gasteiger partial charge in [-0.25, -0.2) is 4.79 Å². The lowest BCUT2D eigenvalue weighted by Crippen LogP contribution is -2.60. The molecular formula is C34H61N3O9. The number of cyclic esters (lactones) is 1. The summed E-state index contributed by atoms with van der Waals surface area (Å²) in [7, 11) is 0. The number of hydrogen-bond donors (Lipinski definition) is 5. The fourth-order valence-electron chi connectivity index (χ4n) is 5.63. The lowest BCUT2D eigenvalue weighted by Gasteiger charge is -2.33. The fourth-order valence-corrected chi connectivity index (χ4v) is 5.63. The predicted octanol–water partition coefficient (Wildman–Crippen LogP) is 3.30. The van der Waals surface area contributed by atoms with Gasteiger partial charge in [0, 0.05) is 12.8 Å². The number of esters is 2. The second-order valence-corrected chi connectivity index (χ2v) is 13.3. The number of unbranched alkanes of at least 4 members (excludes halogenated alkanes) is 10. The highest BCUT2D eigenvalue weighted by atomic mass is 16.6. The number of rotatable bonds is 18. The van der Waals surface area contributed by atoms with Crippen LogP contribution in [0, 0.1) is 17.8 Å². The Labute approximate surface area is 275 Å². The molecule has 1 heterocycles. The van der Waals surface area contributed by atoms with Gasteiger partial charge in [0.25, 0.3) is 0 Å². The minimum absolute atomic E-state index is 0.388. The van der Waals surface area contributed by atoms with Crippen LogP contribution in [0.3, 0.4) is 0 Å². The summed E-state index contributed by atoms with van der Waals surface area (Å²) in [5.74, 6) is -5.92. The normalized spacial score (nSPS) is 25.1. The SMILES string of the molecule is CCCCCCCCCCCCC[C@@H](O)[C@@H](C)[C@H]1OC(=O)[C@H](COC(C)=O)NC(=O)[C@H]([C@@H](C)O)NC(=O)[C@H](C(C)C)NC(=O)[C@H]1C. The zero-order chi connectivity index (χ0) is 34.8. The van der Waals surface area contributed by atoms with Gasteiger partial charge in [-0.3, -0.25) is 19.2 Å². The molecule has 1 saturated heterocycles. The molecule has 0 unspecified atom stereocenters. The zero-order valence-electron chi connectivity index (χ0n) is 29.1. The minimum atomic E-state index is -1.50. The van der Waals surface area contributed by atoms with Crippen LogP contribution in [-0.2, 0) is 33.4 Å². The molecule has 1 rings (SSSR count). The number of hydrogen-bond acceptors (Lipinski definition) is 9. The molecule has 3 amide bonds. The second-order valence-electron chi connectivity index (χ2n) is 13.3. The van der Waals surface area contributed by atoms with Gasteiger partial charge in [-0.15, -0.1) is 0 Å². The Bertz CT molecular complexity index is 958. The van der Waals surface area contributed by atoms with E-state index < -0.39 is 84.5 Å². The molecule has 46 heavy (non-hydrogen) atoms. The lowest BCUT2D eigenvalue weighted by molar-refractivity contribution is -0.166. The Morgan fingerprint density at radius 1 is 0.783 bits per heavy atom. The molecule has 5 N–H and O–H groups in total. The van der Waals surface area contributed by atoms with Crippen LogP contribution >= 0.6 is 0 Å². The van der Waals surface area contributed by atoms with Crippen molar-refractivity contribution in [3.05, 3.63) is 0 Å². The van der Waals surface area contributed by atoms with Crippen molar-refractivity contribution >= 4 is 29.7 Å². The number of aliphatic hydroxyl groups is 2. The molecule has 0 bridgehead atoms. The van der Waals surface area contributed by atoms with Crippen LogP contribution in [0.4, 0.5) is 0 Å². The first kappa shape index (κ1) is 41.3. The summed E-state index contributed by atoms with van der Waals surface area (Å²) in [5, 5.41) is 29.0. The number of amides is 3. The van der Waals surface area contributed by atoms with Crippen molar-refractivity contribution in [2.45, 2.75) is 162 Å². The number of ether oxygens (including phenoxy) is 2. The van der Waals surface area contributed by atoms with Crippen molar-refractivity contribution in [2.75, 3.05) is 6.61 Å².